The van der Waals surface area contributed by atoms with Gasteiger partial charge in [-0.3, -0.25) is 0 Å². The van der Waals surface area contributed by atoms with Gasteiger partial charge in [0.05, 0.1) is 0 Å². The van der Waals surface area contributed by atoms with Gasteiger partial charge < -0.3 is 14.9 Å². The standard InChI is InChI=1S/C7H10O2.C4H4O4/c1-4-5-9-7(8)6(2)3;5-3(6)1-2-4(7)8/h4H,1-2,5H2,3H3;1-2H,(H,5,6)(H,7,8)/b;2-1+. The van der Waals surface area contributed by atoms with E-state index in [1.807, 2.05) is 0 Å². The van der Waals surface area contributed by atoms with Gasteiger partial charge in [0.15, 0.2) is 0 Å². The molecule has 0 aliphatic heterocycles. The van der Waals surface area contributed by atoms with Gasteiger partial charge in [-0.05, 0) is 6.92 Å². The van der Waals surface area contributed by atoms with E-state index >= 15 is 0 Å². The van der Waals surface area contributed by atoms with Crippen LogP contribution >= 0.6 is 0 Å². The van der Waals surface area contributed by atoms with Crippen LogP contribution in [0.2, 0.25) is 0 Å². The van der Waals surface area contributed by atoms with Gasteiger partial charge in [0, 0.05) is 17.7 Å². The molecule has 0 aromatic carbocycles. The number of carbonyl (C=O) groups excluding carboxylic acids is 1. The fourth-order valence-electron chi connectivity index (χ4n) is 0.400. The molecule has 0 aromatic rings. The topological polar surface area (TPSA) is 101 Å². The first-order valence-electron chi connectivity index (χ1n) is 4.38. The summed E-state index contributed by atoms with van der Waals surface area (Å²) < 4.78 is 4.60. The molecule has 0 rings (SSSR count). The molecule has 0 saturated heterocycles. The third-order valence-electron chi connectivity index (χ3n) is 1.05. The van der Waals surface area contributed by atoms with Crippen LogP contribution in [0.3, 0.4) is 0 Å². The summed E-state index contributed by atoms with van der Waals surface area (Å²) in [5.74, 6) is -2.88. The van der Waals surface area contributed by atoms with Crippen molar-refractivity contribution in [1.82, 2.24) is 0 Å². The fourth-order valence-corrected chi connectivity index (χ4v) is 0.400. The lowest BCUT2D eigenvalue weighted by Crippen LogP contribution is -2.03. The molecule has 0 atom stereocenters. The summed E-state index contributed by atoms with van der Waals surface area (Å²) in [4.78, 5) is 29.6. The second-order valence-electron chi connectivity index (χ2n) is 2.68. The molecule has 0 aliphatic rings. The molecule has 0 amide bonds. The number of aliphatic carboxylic acids is 2. The maximum atomic E-state index is 10.5. The van der Waals surface area contributed by atoms with Gasteiger partial charge >= 0.3 is 17.9 Å². The SMILES string of the molecule is C=CCOC(=O)C(=C)C.O=C(O)/C=C/C(=O)O. The van der Waals surface area contributed by atoms with Crippen molar-refractivity contribution in [3.05, 3.63) is 37.0 Å². The van der Waals surface area contributed by atoms with Crippen LogP contribution in [0.25, 0.3) is 0 Å². The number of carbonyl (C=O) groups is 3. The van der Waals surface area contributed by atoms with Crippen LogP contribution in [0.4, 0.5) is 0 Å². The van der Waals surface area contributed by atoms with E-state index < -0.39 is 11.9 Å². The van der Waals surface area contributed by atoms with Gasteiger partial charge in [0.2, 0.25) is 0 Å². The summed E-state index contributed by atoms with van der Waals surface area (Å²) in [5, 5.41) is 15.6. The van der Waals surface area contributed by atoms with E-state index in [1.54, 1.807) is 6.92 Å². The van der Waals surface area contributed by atoms with Crippen LogP contribution in [0.1, 0.15) is 6.92 Å². The monoisotopic (exact) mass is 242 g/mol. The number of rotatable bonds is 5. The Balaban J connectivity index is 0. The zero-order valence-corrected chi connectivity index (χ0v) is 9.38. The Bertz CT molecular complexity index is 324. The highest BCUT2D eigenvalue weighted by atomic mass is 16.5. The quantitative estimate of drug-likeness (QED) is 0.423. The number of ether oxygens (including phenoxy) is 1. The minimum Gasteiger partial charge on any atom is -0.478 e. The van der Waals surface area contributed by atoms with Crippen LogP contribution in [-0.4, -0.2) is 34.7 Å². The Morgan fingerprint density at radius 3 is 1.82 bits per heavy atom. The molecule has 6 heteroatoms. The number of hydrogen-bond donors (Lipinski definition) is 2. The van der Waals surface area contributed by atoms with E-state index in [9.17, 15) is 14.4 Å². The van der Waals surface area contributed by atoms with E-state index in [4.69, 9.17) is 10.2 Å². The van der Waals surface area contributed by atoms with Gasteiger partial charge in [-0.2, -0.15) is 0 Å². The van der Waals surface area contributed by atoms with Crippen LogP contribution in [0.15, 0.2) is 37.0 Å². The molecular formula is C11H14O6. The minimum absolute atomic E-state index is 0.256. The Labute approximate surface area is 98.5 Å². The number of hydrogen-bond acceptors (Lipinski definition) is 4. The lowest BCUT2D eigenvalue weighted by Gasteiger charge is -1.97. The van der Waals surface area contributed by atoms with E-state index in [2.05, 4.69) is 17.9 Å². The van der Waals surface area contributed by atoms with Crippen molar-refractivity contribution in [3.8, 4) is 0 Å². The molecule has 0 heterocycles. The van der Waals surface area contributed by atoms with Gasteiger partial charge in [-0.15, -0.1) is 0 Å². The number of carboxylic acids is 2. The second kappa shape index (κ2) is 10.2. The Morgan fingerprint density at radius 1 is 1.18 bits per heavy atom. The number of carboxylic acid groups (broad SMARTS) is 2. The van der Waals surface area contributed by atoms with Gasteiger partial charge in [-0.1, -0.05) is 19.2 Å². The fraction of sp³-hybridized carbons (Fsp3) is 0.182. The molecule has 0 unspecified atom stereocenters. The third-order valence-corrected chi connectivity index (χ3v) is 1.05. The molecule has 0 radical (unpaired) electrons. The summed E-state index contributed by atoms with van der Waals surface area (Å²) >= 11 is 0. The van der Waals surface area contributed by atoms with Crippen molar-refractivity contribution >= 4 is 17.9 Å². The van der Waals surface area contributed by atoms with Gasteiger partial charge in [0.25, 0.3) is 0 Å². The van der Waals surface area contributed by atoms with Crippen molar-refractivity contribution in [2.75, 3.05) is 6.61 Å². The van der Waals surface area contributed by atoms with Crippen LogP contribution in [0, 0.1) is 0 Å². The molecule has 0 aromatic heterocycles. The molecule has 17 heavy (non-hydrogen) atoms. The Hall–Kier alpha value is -2.37. The average molecular weight is 242 g/mol. The second-order valence-corrected chi connectivity index (χ2v) is 2.68. The van der Waals surface area contributed by atoms with E-state index in [0.29, 0.717) is 17.7 Å². The first-order valence-corrected chi connectivity index (χ1v) is 4.38. The molecule has 0 bridgehead atoms. The maximum absolute atomic E-state index is 10.5. The molecule has 6 nitrogen and oxygen atoms in total. The van der Waals surface area contributed by atoms with E-state index in [-0.39, 0.29) is 12.6 Å². The van der Waals surface area contributed by atoms with Crippen molar-refractivity contribution in [3.63, 3.8) is 0 Å². The predicted octanol–water partition coefficient (Wildman–Crippen LogP) is 1.00. The van der Waals surface area contributed by atoms with Crippen LogP contribution < -0.4 is 0 Å². The lowest BCUT2D eigenvalue weighted by molar-refractivity contribution is -0.137. The maximum Gasteiger partial charge on any atom is 0.333 e. The summed E-state index contributed by atoms with van der Waals surface area (Å²) in [5.41, 5.74) is 0.414. The summed E-state index contributed by atoms with van der Waals surface area (Å²) in [6, 6.07) is 0. The molecule has 0 fully saturated rings. The molecule has 0 spiro atoms. The molecular weight excluding hydrogens is 228 g/mol. The van der Waals surface area contributed by atoms with E-state index in [0.717, 1.165) is 0 Å². The van der Waals surface area contributed by atoms with Gasteiger partial charge in [-0.25, -0.2) is 14.4 Å². The molecule has 0 saturated carbocycles. The zero-order chi connectivity index (χ0) is 13.8. The molecule has 2 N–H and O–H groups in total. The van der Waals surface area contributed by atoms with Crippen molar-refractivity contribution in [2.24, 2.45) is 0 Å². The largest absolute Gasteiger partial charge is 0.478 e. The zero-order valence-electron chi connectivity index (χ0n) is 9.38. The predicted molar refractivity (Wildman–Crippen MR) is 60.4 cm³/mol. The minimum atomic E-state index is -1.26. The van der Waals surface area contributed by atoms with Crippen molar-refractivity contribution in [2.45, 2.75) is 6.92 Å². The average Bonchev–Trinajstić information content (AvgIpc) is 2.23. The van der Waals surface area contributed by atoms with Crippen LogP contribution in [-0.2, 0) is 19.1 Å². The van der Waals surface area contributed by atoms with Crippen molar-refractivity contribution < 1.29 is 29.3 Å². The molecule has 0 aliphatic carbocycles. The van der Waals surface area contributed by atoms with Gasteiger partial charge in [0.1, 0.15) is 6.61 Å². The number of esters is 1. The highest BCUT2D eigenvalue weighted by Crippen LogP contribution is 1.90. The first kappa shape index (κ1) is 17.0. The summed E-state index contributed by atoms with van der Waals surface area (Å²) in [6.07, 6.45) is 2.63. The van der Waals surface area contributed by atoms with Crippen molar-refractivity contribution in [1.29, 1.82) is 0 Å². The van der Waals surface area contributed by atoms with Crippen LogP contribution in [0.5, 0.6) is 0 Å². The lowest BCUT2D eigenvalue weighted by atomic mass is 10.4. The Morgan fingerprint density at radius 2 is 1.59 bits per heavy atom. The molecule has 94 valence electrons. The third kappa shape index (κ3) is 16.3. The highest BCUT2D eigenvalue weighted by Gasteiger charge is 1.98. The van der Waals surface area contributed by atoms with E-state index in [1.165, 1.54) is 6.08 Å². The highest BCUT2D eigenvalue weighted by molar-refractivity contribution is 5.89. The Kier molecular flexibility index (Phi) is 10.2. The smallest absolute Gasteiger partial charge is 0.333 e. The summed E-state index contributed by atoms with van der Waals surface area (Å²) in [7, 11) is 0. The summed E-state index contributed by atoms with van der Waals surface area (Å²) in [6.45, 7) is 8.64. The first-order chi connectivity index (χ1) is 7.81. The normalized spacial score (nSPS) is 8.76.